The summed E-state index contributed by atoms with van der Waals surface area (Å²) in [5.41, 5.74) is 2.66. The topological polar surface area (TPSA) is 60.5 Å². The molecule has 1 unspecified atom stereocenters. The third-order valence-electron chi connectivity index (χ3n) is 4.39. The van der Waals surface area contributed by atoms with Crippen molar-refractivity contribution in [1.29, 1.82) is 0 Å². The third-order valence-corrected chi connectivity index (χ3v) is 5.11. The van der Waals surface area contributed by atoms with E-state index in [2.05, 4.69) is 32.9 Å². The zero-order valence-corrected chi connectivity index (χ0v) is 19.6. The van der Waals surface area contributed by atoms with Crippen LogP contribution in [0, 0.1) is 10.5 Å². The Labute approximate surface area is 191 Å². The Morgan fingerprint density at radius 1 is 1.00 bits per heavy atom. The number of hydrogen-bond donors (Lipinski definition) is 1. The number of carbonyl (C=O) groups excluding carboxylic acids is 1. The Balaban J connectivity index is 1.70. The molecule has 156 valence electrons. The molecule has 0 aliphatic heterocycles. The summed E-state index contributed by atoms with van der Waals surface area (Å²) in [5, 5.41) is 2.92. The fourth-order valence-corrected chi connectivity index (χ4v) is 3.36. The molecule has 0 saturated carbocycles. The minimum Gasteiger partial charge on any atom is -0.457 e. The summed E-state index contributed by atoms with van der Waals surface area (Å²) in [7, 11) is 0. The lowest BCUT2D eigenvalue weighted by Crippen LogP contribution is -2.16. The number of nitrogens with one attached hydrogen (secondary N) is 1. The molecule has 0 bridgehead atoms. The lowest BCUT2D eigenvalue weighted by molar-refractivity contribution is 0.0154. The number of nitrogens with zero attached hydrogens (tertiary/aromatic N) is 1. The Hall–Kier alpha value is -2.45. The lowest BCUT2D eigenvalue weighted by Gasteiger charge is -2.17. The summed E-state index contributed by atoms with van der Waals surface area (Å²) in [6.45, 7) is 7.76. The number of aryl methyl sites for hydroxylation is 1. The Morgan fingerprint density at radius 3 is 2.40 bits per heavy atom. The van der Waals surface area contributed by atoms with E-state index in [-0.39, 0.29) is 18.1 Å². The number of ether oxygens (including phenoxy) is 2. The van der Waals surface area contributed by atoms with E-state index in [1.165, 1.54) is 0 Å². The fourth-order valence-electron chi connectivity index (χ4n) is 3.00. The van der Waals surface area contributed by atoms with Crippen LogP contribution in [0.5, 0.6) is 11.5 Å². The molecule has 1 aromatic heterocycles. The van der Waals surface area contributed by atoms with Gasteiger partial charge >= 0.3 is 0 Å². The first-order valence-electron chi connectivity index (χ1n) is 9.79. The predicted octanol–water partition coefficient (Wildman–Crippen LogP) is 6.53. The van der Waals surface area contributed by atoms with Crippen molar-refractivity contribution in [3.05, 3.63) is 81.2 Å². The van der Waals surface area contributed by atoms with E-state index in [4.69, 9.17) is 9.47 Å². The predicted molar refractivity (Wildman–Crippen MR) is 127 cm³/mol. The average Bonchev–Trinajstić information content (AvgIpc) is 2.69. The van der Waals surface area contributed by atoms with Gasteiger partial charge in [-0.15, -0.1) is 0 Å². The van der Waals surface area contributed by atoms with Crippen molar-refractivity contribution in [3.63, 3.8) is 0 Å². The molecule has 6 heteroatoms. The van der Waals surface area contributed by atoms with Crippen molar-refractivity contribution in [3.8, 4) is 11.5 Å². The van der Waals surface area contributed by atoms with E-state index in [1.54, 1.807) is 12.1 Å². The number of aromatic nitrogens is 1. The summed E-state index contributed by atoms with van der Waals surface area (Å²) in [6.07, 6.45) is -0.0185. The zero-order chi connectivity index (χ0) is 21.7. The first-order chi connectivity index (χ1) is 14.3. The molecule has 1 atom stereocenters. The summed E-state index contributed by atoms with van der Waals surface area (Å²) >= 11 is 2.25. The van der Waals surface area contributed by atoms with Crippen LogP contribution in [0.1, 0.15) is 48.6 Å². The molecule has 0 radical (unpaired) electrons. The number of amides is 1. The van der Waals surface area contributed by atoms with Gasteiger partial charge in [-0.25, -0.2) is 0 Å². The quantitative estimate of drug-likeness (QED) is 0.363. The largest absolute Gasteiger partial charge is 0.457 e. The van der Waals surface area contributed by atoms with Gasteiger partial charge in [0.1, 0.15) is 11.5 Å². The summed E-state index contributed by atoms with van der Waals surface area (Å²) in [5.74, 6) is 1.18. The first-order valence-corrected chi connectivity index (χ1v) is 10.9. The molecule has 0 saturated heterocycles. The number of pyridine rings is 1. The summed E-state index contributed by atoms with van der Waals surface area (Å²) < 4.78 is 12.8. The number of anilines is 1. The van der Waals surface area contributed by atoms with Crippen LogP contribution >= 0.6 is 22.6 Å². The van der Waals surface area contributed by atoms with Crippen LogP contribution in [0.3, 0.4) is 0 Å². The average molecular weight is 516 g/mol. The molecular formula is C24H25IN2O3. The van der Waals surface area contributed by atoms with Gasteiger partial charge in [0.05, 0.1) is 29.2 Å². The van der Waals surface area contributed by atoms with Crippen LogP contribution in [0.15, 0.2) is 60.7 Å². The number of benzene rings is 2. The fraction of sp³-hybridized carbons (Fsp3) is 0.250. The maximum atomic E-state index is 12.8. The second kappa shape index (κ2) is 10.0. The number of halogens is 1. The second-order valence-electron chi connectivity index (χ2n) is 7.23. The molecule has 0 aliphatic carbocycles. The molecular weight excluding hydrogens is 491 g/mol. The zero-order valence-electron chi connectivity index (χ0n) is 17.5. The Kier molecular flexibility index (Phi) is 7.44. The summed E-state index contributed by atoms with van der Waals surface area (Å²) in [6, 6.07) is 18.7. The molecule has 0 spiro atoms. The Bertz CT molecular complexity index is 1020. The van der Waals surface area contributed by atoms with Crippen molar-refractivity contribution < 1.29 is 14.3 Å². The number of hydrogen-bond acceptors (Lipinski definition) is 4. The molecule has 1 amide bonds. The van der Waals surface area contributed by atoms with E-state index in [9.17, 15) is 4.79 Å². The highest BCUT2D eigenvalue weighted by Crippen LogP contribution is 2.25. The minimum absolute atomic E-state index is 0.110. The van der Waals surface area contributed by atoms with Gasteiger partial charge in [-0.1, -0.05) is 6.07 Å². The molecule has 1 heterocycles. The molecule has 0 aliphatic rings. The monoisotopic (exact) mass is 516 g/mol. The molecule has 5 nitrogen and oxygen atoms in total. The molecule has 0 fully saturated rings. The highest BCUT2D eigenvalue weighted by Gasteiger charge is 2.15. The van der Waals surface area contributed by atoms with E-state index < -0.39 is 0 Å². The van der Waals surface area contributed by atoms with Crippen LogP contribution in [-0.2, 0) is 4.74 Å². The van der Waals surface area contributed by atoms with Crippen molar-refractivity contribution in [2.24, 2.45) is 0 Å². The lowest BCUT2D eigenvalue weighted by atomic mass is 10.1. The SMILES string of the molecule is Cc1nc(C(C)OC(C)C)ccc1C(=O)Nc1cccc(Oc2ccc(I)cc2)c1. The van der Waals surface area contributed by atoms with E-state index >= 15 is 0 Å². The maximum Gasteiger partial charge on any atom is 0.257 e. The van der Waals surface area contributed by atoms with Gasteiger partial charge in [0.25, 0.3) is 5.91 Å². The van der Waals surface area contributed by atoms with Gasteiger partial charge in [-0.2, -0.15) is 0 Å². The van der Waals surface area contributed by atoms with Crippen molar-refractivity contribution in [2.75, 3.05) is 5.32 Å². The highest BCUT2D eigenvalue weighted by molar-refractivity contribution is 14.1. The van der Waals surface area contributed by atoms with Crippen molar-refractivity contribution in [2.45, 2.75) is 39.9 Å². The van der Waals surface area contributed by atoms with Gasteiger partial charge in [0.15, 0.2) is 0 Å². The van der Waals surface area contributed by atoms with Gasteiger partial charge in [-0.05, 0) is 98.8 Å². The molecule has 3 rings (SSSR count). The van der Waals surface area contributed by atoms with Gasteiger partial charge < -0.3 is 14.8 Å². The first kappa shape index (κ1) is 22.2. The van der Waals surface area contributed by atoms with Crippen LogP contribution < -0.4 is 10.1 Å². The molecule has 2 aromatic carbocycles. The molecule has 1 N–H and O–H groups in total. The van der Waals surface area contributed by atoms with E-state index in [1.807, 2.05) is 76.2 Å². The highest BCUT2D eigenvalue weighted by atomic mass is 127. The van der Waals surface area contributed by atoms with Crippen molar-refractivity contribution >= 4 is 34.2 Å². The van der Waals surface area contributed by atoms with Crippen LogP contribution in [-0.4, -0.2) is 17.0 Å². The van der Waals surface area contributed by atoms with Gasteiger partial charge in [0, 0.05) is 15.3 Å². The smallest absolute Gasteiger partial charge is 0.257 e. The molecule has 30 heavy (non-hydrogen) atoms. The molecule has 3 aromatic rings. The standard InChI is InChI=1S/C24H25IN2O3/c1-15(2)29-17(4)23-13-12-22(16(3)26-23)24(28)27-19-6-5-7-21(14-19)30-20-10-8-18(25)9-11-20/h5-15,17H,1-4H3,(H,27,28). The maximum absolute atomic E-state index is 12.8. The van der Waals surface area contributed by atoms with Crippen LogP contribution in [0.2, 0.25) is 0 Å². The van der Waals surface area contributed by atoms with Gasteiger partial charge in [0.2, 0.25) is 0 Å². The van der Waals surface area contributed by atoms with Gasteiger partial charge in [-0.3, -0.25) is 9.78 Å². The van der Waals surface area contributed by atoms with Crippen molar-refractivity contribution in [1.82, 2.24) is 4.98 Å². The number of carbonyl (C=O) groups is 1. The minimum atomic E-state index is -0.213. The van der Waals surface area contributed by atoms with Crippen LogP contribution in [0.4, 0.5) is 5.69 Å². The summed E-state index contributed by atoms with van der Waals surface area (Å²) in [4.78, 5) is 17.3. The van der Waals surface area contributed by atoms with E-state index in [0.717, 1.165) is 15.0 Å². The van der Waals surface area contributed by atoms with Crippen LogP contribution in [0.25, 0.3) is 0 Å². The second-order valence-corrected chi connectivity index (χ2v) is 8.48. The van der Waals surface area contributed by atoms with E-state index in [0.29, 0.717) is 22.7 Å². The normalized spacial score (nSPS) is 11.9. The Morgan fingerprint density at radius 2 is 1.73 bits per heavy atom. The number of rotatable bonds is 7. The third kappa shape index (κ3) is 6.03.